The average Bonchev–Trinajstić information content (AvgIpc) is 2.73. The molecule has 1 fully saturated rings. The van der Waals surface area contributed by atoms with Crippen LogP contribution in [0.4, 0.5) is 5.88 Å². The fourth-order valence-electron chi connectivity index (χ4n) is 1.61. The minimum atomic E-state index is -0.497. The van der Waals surface area contributed by atoms with Crippen LogP contribution in [0.15, 0.2) is 4.52 Å². The van der Waals surface area contributed by atoms with Crippen molar-refractivity contribution in [1.82, 2.24) is 5.16 Å². The summed E-state index contributed by atoms with van der Waals surface area (Å²) in [5.74, 6) is -1.04. The van der Waals surface area contributed by atoms with Crippen LogP contribution in [0.2, 0.25) is 5.02 Å². The number of carbonyl (C=O) groups is 2. The van der Waals surface area contributed by atoms with Crippen molar-refractivity contribution in [3.05, 3.63) is 10.7 Å². The van der Waals surface area contributed by atoms with Gasteiger partial charge in [-0.1, -0.05) is 16.8 Å². The average molecular weight is 244 g/mol. The Morgan fingerprint density at radius 3 is 2.81 bits per heavy atom. The molecule has 1 aromatic heterocycles. The van der Waals surface area contributed by atoms with E-state index in [-0.39, 0.29) is 24.8 Å². The van der Waals surface area contributed by atoms with Crippen LogP contribution in [-0.4, -0.2) is 23.5 Å². The van der Waals surface area contributed by atoms with Gasteiger partial charge in [0.2, 0.25) is 11.8 Å². The summed E-state index contributed by atoms with van der Waals surface area (Å²) in [7, 11) is 0. The molecule has 1 unspecified atom stereocenters. The Hall–Kier alpha value is -1.56. The fraction of sp³-hybridized carbons (Fsp3) is 0.444. The molecule has 1 atom stereocenters. The molecule has 0 aromatic carbocycles. The van der Waals surface area contributed by atoms with Gasteiger partial charge in [-0.15, -0.1) is 0 Å². The summed E-state index contributed by atoms with van der Waals surface area (Å²) in [5.41, 5.74) is 5.65. The quantitative estimate of drug-likeness (QED) is 0.818. The number of carbonyl (C=O) groups excluding carboxylic acids is 2. The maximum absolute atomic E-state index is 11.6. The molecular formula is C9H10ClN3O3. The summed E-state index contributed by atoms with van der Waals surface area (Å²) < 4.78 is 4.95. The van der Waals surface area contributed by atoms with Crippen LogP contribution in [-0.2, 0) is 9.59 Å². The maximum atomic E-state index is 11.6. The lowest BCUT2D eigenvalue weighted by Gasteiger charge is -2.11. The Kier molecular flexibility index (Phi) is 2.59. The number of halogens is 1. The molecule has 1 aliphatic rings. The highest BCUT2D eigenvalue weighted by Gasteiger charge is 2.37. The Labute approximate surface area is 96.3 Å². The van der Waals surface area contributed by atoms with E-state index in [1.165, 1.54) is 4.90 Å². The first-order chi connectivity index (χ1) is 7.50. The van der Waals surface area contributed by atoms with Crippen LogP contribution in [0.5, 0.6) is 0 Å². The number of hydrogen-bond donors (Lipinski definition) is 1. The smallest absolute Gasteiger partial charge is 0.252 e. The van der Waals surface area contributed by atoms with E-state index in [1.807, 2.05) is 0 Å². The molecule has 0 bridgehead atoms. The maximum Gasteiger partial charge on any atom is 0.252 e. The Morgan fingerprint density at radius 1 is 1.69 bits per heavy atom. The van der Waals surface area contributed by atoms with Crippen LogP contribution in [0.25, 0.3) is 0 Å². The summed E-state index contributed by atoms with van der Waals surface area (Å²) in [5, 5.41) is 3.94. The first-order valence-corrected chi connectivity index (χ1v) is 5.10. The summed E-state index contributed by atoms with van der Waals surface area (Å²) in [6.45, 7) is 1.87. The number of nitrogens with two attached hydrogens (primary N) is 1. The number of anilines is 1. The Morgan fingerprint density at radius 2 is 2.38 bits per heavy atom. The highest BCUT2D eigenvalue weighted by molar-refractivity contribution is 6.34. The van der Waals surface area contributed by atoms with Crippen molar-refractivity contribution in [3.8, 4) is 0 Å². The predicted octanol–water partition coefficient (Wildman–Crippen LogP) is 0.475. The topological polar surface area (TPSA) is 89.4 Å². The van der Waals surface area contributed by atoms with E-state index in [2.05, 4.69) is 5.16 Å². The minimum Gasteiger partial charge on any atom is -0.369 e. The third kappa shape index (κ3) is 1.65. The third-order valence-corrected chi connectivity index (χ3v) is 2.98. The van der Waals surface area contributed by atoms with Crippen LogP contribution in [0, 0.1) is 12.8 Å². The highest BCUT2D eigenvalue weighted by atomic mass is 35.5. The fourth-order valence-corrected chi connectivity index (χ4v) is 1.78. The summed E-state index contributed by atoms with van der Waals surface area (Å²) >= 11 is 5.92. The van der Waals surface area contributed by atoms with Crippen LogP contribution in [0.3, 0.4) is 0 Å². The molecule has 16 heavy (non-hydrogen) atoms. The molecule has 2 rings (SSSR count). The molecule has 86 valence electrons. The molecule has 0 spiro atoms. The van der Waals surface area contributed by atoms with Gasteiger partial charge in [-0.05, 0) is 6.92 Å². The van der Waals surface area contributed by atoms with Gasteiger partial charge in [-0.3, -0.25) is 14.5 Å². The van der Waals surface area contributed by atoms with Gasteiger partial charge >= 0.3 is 0 Å². The van der Waals surface area contributed by atoms with Gasteiger partial charge in [0.05, 0.1) is 5.92 Å². The Bertz CT molecular complexity index is 457. The summed E-state index contributed by atoms with van der Waals surface area (Å²) in [6, 6.07) is 0. The molecule has 2 amide bonds. The minimum absolute atomic E-state index is 0.0887. The monoisotopic (exact) mass is 243 g/mol. The van der Waals surface area contributed by atoms with E-state index in [9.17, 15) is 9.59 Å². The second kappa shape index (κ2) is 3.79. The van der Waals surface area contributed by atoms with E-state index in [1.54, 1.807) is 6.92 Å². The number of amides is 2. The first-order valence-electron chi connectivity index (χ1n) is 4.72. The lowest BCUT2D eigenvalue weighted by atomic mass is 10.1. The number of primary amides is 1. The normalized spacial score (nSPS) is 20.5. The summed E-state index contributed by atoms with van der Waals surface area (Å²) in [4.78, 5) is 23.9. The zero-order valence-electron chi connectivity index (χ0n) is 8.57. The van der Waals surface area contributed by atoms with E-state index < -0.39 is 11.8 Å². The number of nitrogens with zero attached hydrogens (tertiary/aromatic N) is 2. The van der Waals surface area contributed by atoms with Gasteiger partial charge in [-0.2, -0.15) is 0 Å². The largest absolute Gasteiger partial charge is 0.369 e. The van der Waals surface area contributed by atoms with Crippen molar-refractivity contribution in [2.75, 3.05) is 11.4 Å². The molecule has 2 N–H and O–H groups in total. The van der Waals surface area contributed by atoms with E-state index in [0.29, 0.717) is 10.7 Å². The van der Waals surface area contributed by atoms with Crippen molar-refractivity contribution in [3.63, 3.8) is 0 Å². The van der Waals surface area contributed by atoms with Gasteiger partial charge in [0, 0.05) is 13.0 Å². The first kappa shape index (κ1) is 10.9. The molecular weight excluding hydrogens is 234 g/mol. The van der Waals surface area contributed by atoms with Crippen molar-refractivity contribution in [2.45, 2.75) is 13.3 Å². The van der Waals surface area contributed by atoms with Crippen molar-refractivity contribution >= 4 is 29.3 Å². The zero-order valence-corrected chi connectivity index (χ0v) is 9.32. The third-order valence-electron chi connectivity index (χ3n) is 2.55. The van der Waals surface area contributed by atoms with Crippen LogP contribution in [0.1, 0.15) is 12.1 Å². The molecule has 0 aliphatic carbocycles. The standard InChI is InChI=1S/C9H10ClN3O3/c1-4-7(10)9(16-12-4)13-3-5(8(11)15)2-6(13)14/h5H,2-3H2,1H3,(H2,11,15). The zero-order chi connectivity index (χ0) is 11.9. The van der Waals surface area contributed by atoms with Gasteiger partial charge < -0.3 is 10.3 Å². The number of rotatable bonds is 2. The van der Waals surface area contributed by atoms with Gasteiger partial charge in [0.15, 0.2) is 0 Å². The second-order valence-corrected chi connectivity index (χ2v) is 4.07. The van der Waals surface area contributed by atoms with E-state index >= 15 is 0 Å². The van der Waals surface area contributed by atoms with E-state index in [4.69, 9.17) is 21.9 Å². The predicted molar refractivity (Wildman–Crippen MR) is 55.9 cm³/mol. The summed E-state index contributed by atoms with van der Waals surface area (Å²) in [6.07, 6.45) is 0.0887. The highest BCUT2D eigenvalue weighted by Crippen LogP contribution is 2.32. The van der Waals surface area contributed by atoms with Crippen LogP contribution < -0.4 is 10.6 Å². The van der Waals surface area contributed by atoms with Gasteiger partial charge in [0.25, 0.3) is 5.88 Å². The van der Waals surface area contributed by atoms with Crippen molar-refractivity contribution in [1.29, 1.82) is 0 Å². The molecule has 0 radical (unpaired) electrons. The molecule has 1 aliphatic heterocycles. The molecule has 0 saturated carbocycles. The molecule has 2 heterocycles. The van der Waals surface area contributed by atoms with Crippen molar-refractivity contribution in [2.24, 2.45) is 11.7 Å². The van der Waals surface area contributed by atoms with Gasteiger partial charge in [-0.25, -0.2) is 0 Å². The second-order valence-electron chi connectivity index (χ2n) is 3.69. The van der Waals surface area contributed by atoms with E-state index in [0.717, 1.165) is 0 Å². The number of hydrogen-bond acceptors (Lipinski definition) is 4. The number of aryl methyl sites for hydroxylation is 1. The molecule has 1 saturated heterocycles. The number of aromatic nitrogens is 1. The Balaban J connectivity index is 2.26. The molecule has 6 nitrogen and oxygen atoms in total. The van der Waals surface area contributed by atoms with Crippen molar-refractivity contribution < 1.29 is 14.1 Å². The SMILES string of the molecule is Cc1noc(N2CC(C(N)=O)CC2=O)c1Cl. The van der Waals surface area contributed by atoms with Gasteiger partial charge in [0.1, 0.15) is 10.7 Å². The molecule has 7 heteroatoms. The van der Waals surface area contributed by atoms with Crippen LogP contribution >= 0.6 is 11.6 Å². The lowest BCUT2D eigenvalue weighted by molar-refractivity contribution is -0.123. The lowest BCUT2D eigenvalue weighted by Crippen LogP contribution is -2.28. The molecule has 1 aromatic rings.